The number of nitrogens with zero attached hydrogens (tertiary/aromatic N) is 4. The Balaban J connectivity index is 1.48. The van der Waals surface area contributed by atoms with Crippen molar-refractivity contribution in [3.05, 3.63) is 64.6 Å². The predicted molar refractivity (Wildman–Crippen MR) is 106 cm³/mol. The van der Waals surface area contributed by atoms with E-state index in [1.54, 1.807) is 12.3 Å². The molecule has 1 atom stereocenters. The van der Waals surface area contributed by atoms with E-state index >= 15 is 0 Å². The molecule has 4 nitrogen and oxygen atoms in total. The number of aromatic nitrogens is 2. The van der Waals surface area contributed by atoms with Crippen molar-refractivity contribution in [3.8, 4) is 0 Å². The quantitative estimate of drug-likeness (QED) is 0.634. The molecule has 0 spiro atoms. The lowest BCUT2D eigenvalue weighted by atomic mass is 10.1. The fourth-order valence-electron chi connectivity index (χ4n) is 3.46. The van der Waals surface area contributed by atoms with Gasteiger partial charge in [-0.3, -0.25) is 9.88 Å². The summed E-state index contributed by atoms with van der Waals surface area (Å²) in [7, 11) is 0. The molecular weight excluding hydrogens is 395 g/mol. The summed E-state index contributed by atoms with van der Waals surface area (Å²) in [4.78, 5) is 13.6. The van der Waals surface area contributed by atoms with Crippen LogP contribution < -0.4 is 4.90 Å². The van der Waals surface area contributed by atoms with Crippen molar-refractivity contribution in [2.45, 2.75) is 13.0 Å². The van der Waals surface area contributed by atoms with Crippen LogP contribution in [0.15, 0.2) is 53.3 Å². The van der Waals surface area contributed by atoms with Gasteiger partial charge in [-0.25, -0.2) is 9.37 Å². The third kappa shape index (κ3) is 3.44. The van der Waals surface area contributed by atoms with Gasteiger partial charge in [-0.05, 0) is 52.7 Å². The van der Waals surface area contributed by atoms with Crippen molar-refractivity contribution < 1.29 is 4.39 Å². The van der Waals surface area contributed by atoms with Gasteiger partial charge in [0, 0.05) is 56.1 Å². The summed E-state index contributed by atoms with van der Waals surface area (Å²) >= 11 is 3.23. The van der Waals surface area contributed by atoms with Crippen LogP contribution in [-0.2, 0) is 0 Å². The summed E-state index contributed by atoms with van der Waals surface area (Å²) in [6, 6.07) is 11.7. The molecule has 26 heavy (non-hydrogen) atoms. The minimum absolute atomic E-state index is 0.280. The normalized spacial score (nSPS) is 16.8. The summed E-state index contributed by atoms with van der Waals surface area (Å²) < 4.78 is 14.3. The Morgan fingerprint density at radius 3 is 2.65 bits per heavy atom. The number of hydrogen-bond donors (Lipinski definition) is 0. The van der Waals surface area contributed by atoms with Crippen molar-refractivity contribution in [1.29, 1.82) is 0 Å². The molecule has 1 saturated heterocycles. The highest BCUT2D eigenvalue weighted by atomic mass is 79.9. The zero-order valence-electron chi connectivity index (χ0n) is 14.6. The van der Waals surface area contributed by atoms with Crippen molar-refractivity contribution in [3.63, 3.8) is 0 Å². The maximum absolute atomic E-state index is 13.8. The van der Waals surface area contributed by atoms with Crippen LogP contribution in [0.1, 0.15) is 18.5 Å². The van der Waals surface area contributed by atoms with Gasteiger partial charge in [0.15, 0.2) is 0 Å². The van der Waals surface area contributed by atoms with Gasteiger partial charge in [0.1, 0.15) is 11.6 Å². The predicted octanol–water partition coefficient (Wildman–Crippen LogP) is 4.41. The minimum atomic E-state index is -0.280. The average Bonchev–Trinajstić information content (AvgIpc) is 2.69. The molecule has 1 aliphatic rings. The summed E-state index contributed by atoms with van der Waals surface area (Å²) in [5, 5.41) is 0.936. The summed E-state index contributed by atoms with van der Waals surface area (Å²) in [6.07, 6.45) is 3.75. The third-order valence-corrected chi connectivity index (χ3v) is 5.68. The first-order chi connectivity index (χ1) is 12.6. The fourth-order valence-corrected chi connectivity index (χ4v) is 3.82. The molecule has 0 saturated carbocycles. The molecule has 2 aromatic heterocycles. The van der Waals surface area contributed by atoms with E-state index in [4.69, 9.17) is 0 Å². The van der Waals surface area contributed by atoms with Crippen LogP contribution in [0.3, 0.4) is 0 Å². The van der Waals surface area contributed by atoms with Crippen LogP contribution in [0.4, 0.5) is 10.2 Å². The van der Waals surface area contributed by atoms with E-state index in [1.165, 1.54) is 11.6 Å². The van der Waals surface area contributed by atoms with Crippen molar-refractivity contribution >= 4 is 32.7 Å². The Bertz CT molecular complexity index is 910. The Kier molecular flexibility index (Phi) is 4.87. The lowest BCUT2D eigenvalue weighted by Crippen LogP contribution is -2.47. The molecule has 0 N–H and O–H groups in total. The molecule has 3 aromatic rings. The Morgan fingerprint density at radius 2 is 1.92 bits per heavy atom. The second-order valence-corrected chi connectivity index (χ2v) is 7.47. The number of halogens is 2. The van der Waals surface area contributed by atoms with E-state index < -0.39 is 0 Å². The number of anilines is 1. The molecule has 1 fully saturated rings. The van der Waals surface area contributed by atoms with E-state index in [9.17, 15) is 4.39 Å². The highest BCUT2D eigenvalue weighted by molar-refractivity contribution is 9.10. The Hall–Kier alpha value is -2.05. The maximum Gasteiger partial charge on any atom is 0.139 e. The molecule has 1 aromatic carbocycles. The first-order valence-electron chi connectivity index (χ1n) is 8.76. The third-order valence-electron chi connectivity index (χ3n) is 5.07. The second kappa shape index (κ2) is 7.29. The molecule has 0 bridgehead atoms. The zero-order chi connectivity index (χ0) is 18.1. The molecule has 4 rings (SSSR count). The molecule has 0 radical (unpaired) electrons. The molecule has 0 aliphatic carbocycles. The summed E-state index contributed by atoms with van der Waals surface area (Å²) in [5.41, 5.74) is 1.93. The van der Waals surface area contributed by atoms with E-state index in [0.717, 1.165) is 37.4 Å². The van der Waals surface area contributed by atoms with Gasteiger partial charge in [-0.2, -0.15) is 0 Å². The SMILES string of the molecule is CC(c1cccnc1)N1CCN(c2ccc3cc(Br)c(F)cc3n2)CC1. The number of pyridine rings is 2. The number of hydrogen-bond acceptors (Lipinski definition) is 4. The van der Waals surface area contributed by atoms with Gasteiger partial charge in [-0.1, -0.05) is 6.07 Å². The number of rotatable bonds is 3. The highest BCUT2D eigenvalue weighted by Crippen LogP contribution is 2.26. The van der Waals surface area contributed by atoms with Gasteiger partial charge >= 0.3 is 0 Å². The Morgan fingerprint density at radius 1 is 1.12 bits per heavy atom. The van der Waals surface area contributed by atoms with Crippen LogP contribution in [0.25, 0.3) is 10.9 Å². The Labute approximate surface area is 160 Å². The van der Waals surface area contributed by atoms with Gasteiger partial charge in [0.2, 0.25) is 0 Å². The van der Waals surface area contributed by atoms with Crippen LogP contribution in [-0.4, -0.2) is 41.0 Å². The maximum atomic E-state index is 13.8. The number of benzene rings is 1. The van der Waals surface area contributed by atoms with Gasteiger partial charge in [0.05, 0.1) is 9.99 Å². The van der Waals surface area contributed by atoms with Gasteiger partial charge < -0.3 is 4.90 Å². The van der Waals surface area contributed by atoms with E-state index in [2.05, 4.69) is 48.7 Å². The second-order valence-electron chi connectivity index (χ2n) is 6.61. The first-order valence-corrected chi connectivity index (χ1v) is 9.56. The molecule has 134 valence electrons. The van der Waals surface area contributed by atoms with Gasteiger partial charge in [0.25, 0.3) is 0 Å². The van der Waals surface area contributed by atoms with E-state index in [-0.39, 0.29) is 5.82 Å². The smallest absolute Gasteiger partial charge is 0.139 e. The number of piperazine rings is 1. The number of fused-ring (bicyclic) bond motifs is 1. The minimum Gasteiger partial charge on any atom is -0.354 e. The lowest BCUT2D eigenvalue weighted by Gasteiger charge is -2.38. The van der Waals surface area contributed by atoms with Crippen molar-refractivity contribution in [2.24, 2.45) is 0 Å². The topological polar surface area (TPSA) is 32.3 Å². The highest BCUT2D eigenvalue weighted by Gasteiger charge is 2.23. The monoisotopic (exact) mass is 414 g/mol. The molecule has 6 heteroatoms. The first kappa shape index (κ1) is 17.4. The largest absolute Gasteiger partial charge is 0.354 e. The van der Waals surface area contributed by atoms with Crippen LogP contribution >= 0.6 is 15.9 Å². The van der Waals surface area contributed by atoms with Crippen LogP contribution in [0, 0.1) is 5.82 Å². The molecule has 1 aliphatic heterocycles. The van der Waals surface area contributed by atoms with E-state index in [0.29, 0.717) is 16.0 Å². The van der Waals surface area contributed by atoms with Crippen molar-refractivity contribution in [1.82, 2.24) is 14.9 Å². The summed E-state index contributed by atoms with van der Waals surface area (Å²) in [6.45, 7) is 5.96. The standard InChI is InChI=1S/C20H20BrFN4/c1-14(16-3-2-6-23-13-16)25-7-9-26(10-8-25)20-5-4-15-11-17(21)18(22)12-19(15)24-20/h2-6,11-14H,7-10H2,1H3. The molecule has 0 amide bonds. The summed E-state index contributed by atoms with van der Waals surface area (Å²) in [5.74, 6) is 0.630. The molecule has 1 unspecified atom stereocenters. The van der Waals surface area contributed by atoms with Crippen LogP contribution in [0.2, 0.25) is 0 Å². The zero-order valence-corrected chi connectivity index (χ0v) is 16.2. The van der Waals surface area contributed by atoms with Crippen LogP contribution in [0.5, 0.6) is 0 Å². The molecule has 3 heterocycles. The van der Waals surface area contributed by atoms with E-state index in [1.807, 2.05) is 24.4 Å². The van der Waals surface area contributed by atoms with Crippen molar-refractivity contribution in [2.75, 3.05) is 31.1 Å². The van der Waals surface area contributed by atoms with Gasteiger partial charge in [-0.15, -0.1) is 0 Å². The lowest BCUT2D eigenvalue weighted by molar-refractivity contribution is 0.198. The fraction of sp³-hybridized carbons (Fsp3) is 0.300. The average molecular weight is 415 g/mol. The molecular formula is C20H20BrFN4.